The number of tetrazole rings is 5. The van der Waals surface area contributed by atoms with E-state index in [0.717, 1.165) is 148 Å². The van der Waals surface area contributed by atoms with Crippen LogP contribution in [0, 0.1) is 34.6 Å². The van der Waals surface area contributed by atoms with Crippen molar-refractivity contribution in [2.24, 2.45) is 0 Å². The molecule has 2 fully saturated rings. The fourth-order valence-electron chi connectivity index (χ4n) is 18.7. The van der Waals surface area contributed by atoms with E-state index >= 15 is 0 Å². The number of aromatic amines is 5. The SMILES string of the molecule is Cc1ccc2c(c1)C(C)(C)c1cc(Br)ccc1N2CCc1nn[nH]n1.Cc1ccc2c(c1)C1(CCCC1)c1cc(Cl)ccc1N2CCc1nn[nH]n1.Cc1ccc2c(c1)C1(CCOCC1)c1cc(Cl)ccc1N2CCc1nn[nH]n1.Cc1ccc2c(c1)Oc1cc(Br)ccc1N2CCc1nn[nH]n1.Cc1ccc2c(c1)Sc1cc(Br)ccc1N2CCc1nn[nH]n1. The Bertz CT molecular complexity index is 5960. The Kier molecular flexibility index (Phi) is 25.1. The molecule has 0 unspecified atom stereocenters. The van der Waals surface area contributed by atoms with E-state index in [1.807, 2.05) is 36.0 Å². The number of hydrogen-bond acceptors (Lipinski definition) is 23. The van der Waals surface area contributed by atoms with Crippen LogP contribution in [0.15, 0.2) is 205 Å². The Labute approximate surface area is 769 Å². The molecule has 0 amide bonds. The van der Waals surface area contributed by atoms with Crippen molar-refractivity contribution in [3.63, 3.8) is 0 Å². The van der Waals surface area contributed by atoms with E-state index < -0.39 is 0 Å². The zero-order valence-electron chi connectivity index (χ0n) is 70.6. The van der Waals surface area contributed by atoms with Gasteiger partial charge in [-0.25, -0.2) is 0 Å². The molecule has 0 radical (unpaired) electrons. The summed E-state index contributed by atoms with van der Waals surface area (Å²) in [6, 6.07) is 64.8. The summed E-state index contributed by atoms with van der Waals surface area (Å²) in [6.45, 7) is 20.7. The molecule has 7 aliphatic rings. The Morgan fingerprint density at radius 3 is 1.07 bits per heavy atom. The van der Waals surface area contributed by atoms with Crippen LogP contribution < -0.4 is 29.2 Å². The molecule has 27 nitrogen and oxygen atoms in total. The van der Waals surface area contributed by atoms with E-state index in [4.69, 9.17) is 32.7 Å². The highest BCUT2D eigenvalue weighted by molar-refractivity contribution is 9.11. The maximum atomic E-state index is 6.46. The lowest BCUT2D eigenvalue weighted by Gasteiger charge is -2.47. The van der Waals surface area contributed by atoms with Gasteiger partial charge >= 0.3 is 0 Å². The molecule has 5 aromatic heterocycles. The first-order chi connectivity index (χ1) is 61.2. The minimum atomic E-state index is -0.0531. The first kappa shape index (κ1) is 85.5. The Morgan fingerprint density at radius 1 is 0.333 bits per heavy atom. The third-order valence-electron chi connectivity index (χ3n) is 24.7. The minimum absolute atomic E-state index is 0.0525. The van der Waals surface area contributed by atoms with Crippen LogP contribution in [0.2, 0.25) is 10.0 Å². The van der Waals surface area contributed by atoms with Crippen LogP contribution in [0.3, 0.4) is 0 Å². The van der Waals surface area contributed by atoms with Crippen LogP contribution in [0.1, 0.15) is 143 Å². The van der Waals surface area contributed by atoms with Crippen LogP contribution in [0.4, 0.5) is 56.9 Å². The maximum absolute atomic E-state index is 6.46. The summed E-state index contributed by atoms with van der Waals surface area (Å²) in [6.07, 6.45) is 10.5. The molecule has 22 rings (SSSR count). The minimum Gasteiger partial charge on any atom is -0.453 e. The first-order valence-corrected chi connectivity index (χ1v) is 46.1. The topological polar surface area (TPSA) is 307 Å². The van der Waals surface area contributed by atoms with E-state index in [2.05, 4.69) is 382 Å². The second-order valence-corrected chi connectivity index (χ2v) is 37.9. The Hall–Kier alpha value is -11.3. The zero-order chi connectivity index (χ0) is 86.8. The summed E-state index contributed by atoms with van der Waals surface area (Å²) in [4.78, 5) is 14.3. The van der Waals surface area contributed by atoms with E-state index in [1.165, 1.54) is 142 Å². The molecule has 2 spiro atoms. The average molecular weight is 1930 g/mol. The van der Waals surface area contributed by atoms with Gasteiger partial charge in [-0.15, -0.1) is 51.0 Å². The standard InChI is InChI=1S/C21H22ClN5O.C21H22ClN5.C19H20BrN5.C16H14BrN5O.C16H14BrN5S/c1-14-2-4-18-16(12-14)21(7-10-28-11-8-21)17-13-15(22)3-5-19(17)27(18)9-6-20-23-25-26-24-20;1-14-4-6-18-16(12-14)21(9-2-3-10-21)17-13-15(22)5-7-19(17)27(18)11-8-20-23-25-26-24-20;1-12-4-6-16-14(10-12)19(2,3)15-11-13(20)5-7-17(15)25(16)9-8-18-21-23-24-22-18;2*1-10-2-4-12-14(8-10)23-15-9-11(17)3-5-13(15)22(12)7-6-16-18-20-21-19-16/h2-5,12-13H,6-11H2,1H3,(H,23,24,25,26);4-7,12-13H,2-3,8-11H2,1H3,(H,23,24,25,26);4-7,10-11H,8-9H2,1-3H3,(H,21,22,23,24);2*2-5,8-9H,6-7H2,1H3,(H,18,19,20,21). The smallest absolute Gasteiger partial charge is 0.176 e. The summed E-state index contributed by atoms with van der Waals surface area (Å²) >= 11 is 25.4. The molecule has 5 N–H and O–H groups in total. The number of hydrogen-bond donors (Lipinski definition) is 5. The summed E-state index contributed by atoms with van der Waals surface area (Å²) in [5.74, 6) is 5.32. The summed E-state index contributed by atoms with van der Waals surface area (Å²) in [5, 5.41) is 73.3. The number of benzene rings is 10. The Morgan fingerprint density at radius 2 is 0.635 bits per heavy atom. The van der Waals surface area contributed by atoms with Gasteiger partial charge in [-0.3, -0.25) is 0 Å². The highest BCUT2D eigenvalue weighted by Gasteiger charge is 2.47. The van der Waals surface area contributed by atoms with Crippen LogP contribution >= 0.6 is 82.8 Å². The number of anilines is 10. The molecule has 6 aliphatic heterocycles. The van der Waals surface area contributed by atoms with Crippen LogP contribution in [0.25, 0.3) is 0 Å². The van der Waals surface area contributed by atoms with E-state index in [1.54, 1.807) is 0 Å². The van der Waals surface area contributed by atoms with Crippen LogP contribution in [-0.2, 0) is 53.1 Å². The number of aryl methyl sites for hydroxylation is 5. The van der Waals surface area contributed by atoms with E-state index in [-0.39, 0.29) is 16.2 Å². The van der Waals surface area contributed by atoms with Gasteiger partial charge in [0.15, 0.2) is 40.6 Å². The number of ether oxygens (including phenoxy) is 2. The lowest BCUT2D eigenvalue weighted by Crippen LogP contribution is -2.41. The largest absolute Gasteiger partial charge is 0.453 e. The number of nitrogens with zero attached hydrogens (tertiary/aromatic N) is 20. The van der Waals surface area contributed by atoms with Gasteiger partial charge in [0.25, 0.3) is 0 Å². The second-order valence-electron chi connectivity index (χ2n) is 33.2. The molecule has 11 heterocycles. The van der Waals surface area contributed by atoms with Gasteiger partial charge < -0.3 is 34.0 Å². The predicted octanol–water partition coefficient (Wildman–Crippen LogP) is 20.8. The fraction of sp³-hybridized carbons (Fsp3) is 0.301. The van der Waals surface area contributed by atoms with Crippen LogP contribution in [0.5, 0.6) is 11.5 Å². The lowest BCUT2D eigenvalue weighted by atomic mass is 9.66. The lowest BCUT2D eigenvalue weighted by molar-refractivity contribution is 0.0629. The van der Waals surface area contributed by atoms with E-state index in [0.29, 0.717) is 18.7 Å². The van der Waals surface area contributed by atoms with Crippen LogP contribution in [-0.4, -0.2) is 149 Å². The summed E-state index contributed by atoms with van der Waals surface area (Å²) in [5.41, 5.74) is 26.5. The van der Waals surface area contributed by atoms with Crippen molar-refractivity contribution in [1.29, 1.82) is 0 Å². The average Bonchev–Trinajstić information content (AvgIpc) is 0.951. The van der Waals surface area contributed by atoms with Gasteiger partial charge in [0, 0.05) is 162 Å². The van der Waals surface area contributed by atoms with Crippen molar-refractivity contribution >= 4 is 140 Å². The molecule has 33 heteroatoms. The molecule has 0 atom stereocenters. The van der Waals surface area contributed by atoms with Crippen molar-refractivity contribution in [3.05, 3.63) is 296 Å². The number of fused-ring (bicyclic) bond motifs is 14. The zero-order valence-corrected chi connectivity index (χ0v) is 77.7. The number of H-pyrrole nitrogens is 5. The van der Waals surface area contributed by atoms with Gasteiger partial charge in [-0.2, -0.15) is 26.1 Å². The molecule has 1 saturated heterocycles. The van der Waals surface area contributed by atoms with Crippen molar-refractivity contribution < 1.29 is 9.47 Å². The quantitative estimate of drug-likeness (QED) is 0.0637. The molecule has 1 aliphatic carbocycles. The maximum Gasteiger partial charge on any atom is 0.176 e. The van der Waals surface area contributed by atoms with Crippen molar-refractivity contribution in [2.75, 3.05) is 70.4 Å². The molecule has 15 aromatic rings. The highest BCUT2D eigenvalue weighted by Crippen LogP contribution is 2.59. The first-order valence-electron chi connectivity index (χ1n) is 42.2. The van der Waals surface area contributed by atoms with Gasteiger partial charge in [-0.1, -0.05) is 201 Å². The predicted molar refractivity (Wildman–Crippen MR) is 502 cm³/mol. The summed E-state index contributed by atoms with van der Waals surface area (Å²) in [7, 11) is 0. The number of nitrogens with one attached hydrogen (secondary N) is 5. The van der Waals surface area contributed by atoms with Gasteiger partial charge in [0.05, 0.1) is 22.7 Å². The van der Waals surface area contributed by atoms with Crippen molar-refractivity contribution in [3.8, 4) is 11.5 Å². The molecule has 126 heavy (non-hydrogen) atoms. The second kappa shape index (κ2) is 36.9. The highest BCUT2D eigenvalue weighted by atomic mass is 79.9. The molecule has 1 saturated carbocycles. The molecular formula is C93H92Br3Cl2N25O2S. The number of rotatable bonds is 15. The molecule has 0 bridgehead atoms. The molecule has 642 valence electrons. The van der Waals surface area contributed by atoms with Crippen molar-refractivity contribution in [1.82, 2.24) is 103 Å². The third-order valence-corrected chi connectivity index (χ3v) is 27.8. The molecule has 10 aromatic carbocycles. The van der Waals surface area contributed by atoms with Gasteiger partial charge in [0.1, 0.15) is 0 Å². The molecular weight excluding hydrogens is 1840 g/mol. The van der Waals surface area contributed by atoms with Gasteiger partial charge in [0.2, 0.25) is 0 Å². The van der Waals surface area contributed by atoms with Crippen molar-refractivity contribution in [2.45, 2.75) is 145 Å². The van der Waals surface area contributed by atoms with Gasteiger partial charge in [-0.05, 0) is 238 Å². The third kappa shape index (κ3) is 17.7. The number of halogens is 5. The summed E-state index contributed by atoms with van der Waals surface area (Å²) < 4.78 is 15.0. The Balaban J connectivity index is 0.000000107. The monoisotopic (exact) mass is 1930 g/mol. The fourth-order valence-corrected chi connectivity index (χ4v) is 21.5. The van der Waals surface area contributed by atoms with E-state index in [9.17, 15) is 0 Å². The normalized spacial score (nSPS) is 15.2. The number of aromatic nitrogens is 20.